The van der Waals surface area contributed by atoms with E-state index >= 15 is 0 Å². The average molecular weight is 349 g/mol. The summed E-state index contributed by atoms with van der Waals surface area (Å²) in [6.45, 7) is -0.665. The number of nitro groups is 1. The molecule has 0 atom stereocenters. The third-order valence-electron chi connectivity index (χ3n) is 2.83. The number of nitro benzene ring substituents is 1. The molecule has 0 bridgehead atoms. The van der Waals surface area contributed by atoms with Gasteiger partial charge in [-0.15, -0.1) is 0 Å². The van der Waals surface area contributed by atoms with Crippen LogP contribution in [0.15, 0.2) is 35.1 Å². The van der Waals surface area contributed by atoms with E-state index in [1.165, 1.54) is 12.3 Å². The highest BCUT2D eigenvalue weighted by atomic mass is 16.6. The smallest absolute Gasteiger partial charge is 0.338 e. The summed E-state index contributed by atoms with van der Waals surface area (Å²) in [4.78, 5) is 45.2. The Balaban J connectivity index is 2.09. The molecule has 0 fully saturated rings. The van der Waals surface area contributed by atoms with E-state index in [-0.39, 0.29) is 16.9 Å². The van der Waals surface area contributed by atoms with Gasteiger partial charge in [0.1, 0.15) is 6.26 Å². The van der Waals surface area contributed by atoms with Gasteiger partial charge in [-0.2, -0.15) is 0 Å². The number of amides is 1. The largest absolute Gasteiger partial charge is 0.465 e. The van der Waals surface area contributed by atoms with Crippen molar-refractivity contribution in [3.05, 3.63) is 51.8 Å². The number of nitrogens with zero attached hydrogens (tertiary/aromatic N) is 2. The fraction of sp³-hybridized carbons (Fsp3) is 0.143. The molecule has 0 radical (unpaired) electrons. The van der Waals surface area contributed by atoms with Gasteiger partial charge < -0.3 is 19.3 Å². The van der Waals surface area contributed by atoms with Crippen molar-refractivity contribution in [2.75, 3.05) is 19.0 Å². The van der Waals surface area contributed by atoms with Crippen LogP contribution in [0, 0.1) is 10.1 Å². The van der Waals surface area contributed by atoms with Gasteiger partial charge in [-0.3, -0.25) is 14.9 Å². The van der Waals surface area contributed by atoms with Crippen molar-refractivity contribution in [1.29, 1.82) is 0 Å². The molecule has 11 heteroatoms. The summed E-state index contributed by atoms with van der Waals surface area (Å²) in [6, 6.07) is 4.32. The maximum atomic E-state index is 12.0. The molecule has 1 N–H and O–H groups in total. The van der Waals surface area contributed by atoms with E-state index in [4.69, 9.17) is 4.74 Å². The van der Waals surface area contributed by atoms with Crippen LogP contribution in [0.25, 0.3) is 0 Å². The Morgan fingerprint density at radius 3 is 2.48 bits per heavy atom. The zero-order valence-corrected chi connectivity index (χ0v) is 12.8. The average Bonchev–Trinajstić information content (AvgIpc) is 3.11. The molecule has 0 saturated heterocycles. The number of ether oxygens (including phenoxy) is 2. The lowest BCUT2D eigenvalue weighted by Gasteiger charge is -2.06. The van der Waals surface area contributed by atoms with Crippen molar-refractivity contribution >= 4 is 29.4 Å². The number of esters is 2. The topological polar surface area (TPSA) is 151 Å². The summed E-state index contributed by atoms with van der Waals surface area (Å²) >= 11 is 0. The number of aromatic nitrogens is 1. The Labute approximate surface area is 139 Å². The lowest BCUT2D eigenvalue weighted by molar-refractivity contribution is -0.384. The Hall–Kier alpha value is -3.76. The molecule has 130 valence electrons. The Morgan fingerprint density at radius 2 is 1.92 bits per heavy atom. The number of hydrogen-bond acceptors (Lipinski definition) is 9. The molecular formula is C14H11N3O8. The van der Waals surface area contributed by atoms with Gasteiger partial charge in [0.05, 0.1) is 23.2 Å². The van der Waals surface area contributed by atoms with Crippen LogP contribution in [0.2, 0.25) is 0 Å². The van der Waals surface area contributed by atoms with E-state index in [2.05, 4.69) is 19.7 Å². The van der Waals surface area contributed by atoms with Crippen molar-refractivity contribution in [3.8, 4) is 0 Å². The lowest BCUT2D eigenvalue weighted by Crippen LogP contribution is -2.21. The van der Waals surface area contributed by atoms with E-state index in [0.717, 1.165) is 25.3 Å². The summed E-state index contributed by atoms with van der Waals surface area (Å²) < 4.78 is 13.7. The molecule has 0 unspecified atom stereocenters. The van der Waals surface area contributed by atoms with Gasteiger partial charge in [0.15, 0.2) is 12.4 Å². The molecule has 0 aliphatic rings. The molecule has 1 amide bonds. The zero-order chi connectivity index (χ0) is 18.4. The van der Waals surface area contributed by atoms with Gasteiger partial charge in [-0.25, -0.2) is 9.59 Å². The third kappa shape index (κ3) is 4.60. The summed E-state index contributed by atoms with van der Waals surface area (Å²) in [6.07, 6.45) is 1.24. The quantitative estimate of drug-likeness (QED) is 0.460. The zero-order valence-electron chi connectivity index (χ0n) is 12.8. The fourth-order valence-electron chi connectivity index (χ4n) is 1.74. The summed E-state index contributed by atoms with van der Waals surface area (Å²) in [5.41, 5.74) is -0.971. The van der Waals surface area contributed by atoms with Crippen LogP contribution in [-0.4, -0.2) is 41.6 Å². The van der Waals surface area contributed by atoms with E-state index in [0.29, 0.717) is 0 Å². The molecule has 11 nitrogen and oxygen atoms in total. The number of carbonyl (C=O) groups excluding carboxylic acids is 3. The van der Waals surface area contributed by atoms with Crippen molar-refractivity contribution in [2.24, 2.45) is 0 Å². The first-order chi connectivity index (χ1) is 11.9. The van der Waals surface area contributed by atoms with Crippen LogP contribution < -0.4 is 5.32 Å². The minimum atomic E-state index is -1.02. The van der Waals surface area contributed by atoms with Crippen LogP contribution in [0.1, 0.15) is 20.7 Å². The minimum absolute atomic E-state index is 0.129. The predicted molar refractivity (Wildman–Crippen MR) is 79.9 cm³/mol. The van der Waals surface area contributed by atoms with Crippen LogP contribution in [-0.2, 0) is 14.3 Å². The first-order valence-electron chi connectivity index (χ1n) is 6.66. The maximum absolute atomic E-state index is 12.0. The lowest BCUT2D eigenvalue weighted by atomic mass is 10.1. The molecular weight excluding hydrogens is 338 g/mol. The SMILES string of the molecule is COC(=O)c1cc(C(=O)OCC(=O)Nc2ccon2)cc([N+](=O)[O-])c1. The maximum Gasteiger partial charge on any atom is 0.338 e. The molecule has 0 aliphatic carbocycles. The summed E-state index contributed by atoms with van der Waals surface area (Å²) in [5.74, 6) is -2.45. The Morgan fingerprint density at radius 1 is 1.24 bits per heavy atom. The predicted octanol–water partition coefficient (Wildman–Crippen LogP) is 1.16. The first kappa shape index (κ1) is 17.6. The molecule has 2 rings (SSSR count). The molecule has 1 aromatic heterocycles. The number of hydrogen-bond donors (Lipinski definition) is 1. The van der Waals surface area contributed by atoms with Gasteiger partial charge >= 0.3 is 11.9 Å². The normalized spacial score (nSPS) is 9.96. The fourth-order valence-corrected chi connectivity index (χ4v) is 1.74. The van der Waals surface area contributed by atoms with Gasteiger partial charge in [0.25, 0.3) is 11.6 Å². The Kier molecular flexibility index (Phi) is 5.40. The number of carbonyl (C=O) groups is 3. The monoisotopic (exact) mass is 349 g/mol. The second-order valence-corrected chi connectivity index (χ2v) is 4.53. The Bertz CT molecular complexity index is 815. The molecule has 0 spiro atoms. The number of rotatable bonds is 6. The number of methoxy groups -OCH3 is 1. The highest BCUT2D eigenvalue weighted by molar-refractivity contribution is 5.98. The third-order valence-corrected chi connectivity index (χ3v) is 2.83. The molecule has 1 aromatic carbocycles. The molecule has 2 aromatic rings. The van der Waals surface area contributed by atoms with Crippen LogP contribution in [0.3, 0.4) is 0 Å². The van der Waals surface area contributed by atoms with E-state index in [1.54, 1.807) is 0 Å². The van der Waals surface area contributed by atoms with Crippen LogP contribution in [0.5, 0.6) is 0 Å². The van der Waals surface area contributed by atoms with Crippen LogP contribution >= 0.6 is 0 Å². The number of benzene rings is 1. The van der Waals surface area contributed by atoms with Gasteiger partial charge in [0.2, 0.25) is 0 Å². The highest BCUT2D eigenvalue weighted by Crippen LogP contribution is 2.19. The second-order valence-electron chi connectivity index (χ2n) is 4.53. The molecule has 25 heavy (non-hydrogen) atoms. The van der Waals surface area contributed by atoms with E-state index in [1.807, 2.05) is 0 Å². The number of non-ortho nitro benzene ring substituents is 1. The van der Waals surface area contributed by atoms with Crippen LogP contribution in [0.4, 0.5) is 11.5 Å². The van der Waals surface area contributed by atoms with E-state index in [9.17, 15) is 24.5 Å². The number of nitrogens with one attached hydrogen (secondary N) is 1. The highest BCUT2D eigenvalue weighted by Gasteiger charge is 2.20. The van der Waals surface area contributed by atoms with Crippen molar-refractivity contribution < 1.29 is 33.3 Å². The number of anilines is 1. The minimum Gasteiger partial charge on any atom is -0.465 e. The van der Waals surface area contributed by atoms with Gasteiger partial charge in [0, 0.05) is 18.2 Å². The standard InChI is InChI=1S/C14H11N3O8/c1-23-13(19)8-4-9(6-10(5-8)17(21)22)14(20)24-7-12(18)15-11-2-3-25-16-11/h2-6H,7H2,1H3,(H,15,16,18). The van der Waals surface area contributed by atoms with E-state index < -0.39 is 35.1 Å². The molecule has 1 heterocycles. The van der Waals surface area contributed by atoms with Gasteiger partial charge in [-0.1, -0.05) is 5.16 Å². The van der Waals surface area contributed by atoms with Crippen molar-refractivity contribution in [2.45, 2.75) is 0 Å². The summed E-state index contributed by atoms with van der Waals surface area (Å²) in [5, 5.41) is 16.6. The summed E-state index contributed by atoms with van der Waals surface area (Å²) in [7, 11) is 1.09. The van der Waals surface area contributed by atoms with Crippen molar-refractivity contribution in [3.63, 3.8) is 0 Å². The van der Waals surface area contributed by atoms with Gasteiger partial charge in [-0.05, 0) is 6.07 Å². The first-order valence-corrected chi connectivity index (χ1v) is 6.66. The van der Waals surface area contributed by atoms with Crippen molar-refractivity contribution in [1.82, 2.24) is 5.16 Å². The second kappa shape index (κ2) is 7.68. The molecule has 0 aliphatic heterocycles. The molecule has 0 saturated carbocycles.